The van der Waals surface area contributed by atoms with Gasteiger partial charge in [0.2, 0.25) is 0 Å². The summed E-state index contributed by atoms with van der Waals surface area (Å²) in [6.45, 7) is 2.40. The zero-order chi connectivity index (χ0) is 11.7. The van der Waals surface area contributed by atoms with E-state index in [2.05, 4.69) is 41.4 Å². The number of para-hydroxylation sites is 1. The molecule has 1 aromatic heterocycles. The summed E-state index contributed by atoms with van der Waals surface area (Å²) < 4.78 is 0. The Morgan fingerprint density at radius 3 is 2.53 bits per heavy atom. The highest BCUT2D eigenvalue weighted by molar-refractivity contribution is 5.82. The maximum atomic E-state index is 4.44. The van der Waals surface area contributed by atoms with Crippen molar-refractivity contribution < 1.29 is 0 Å². The molecular formula is C15H20N2. The van der Waals surface area contributed by atoms with Crippen LogP contribution in [0.3, 0.4) is 0 Å². The number of hydrogen-bond acceptors (Lipinski definition) is 1. The molecule has 0 aliphatic heterocycles. The van der Waals surface area contributed by atoms with Crippen molar-refractivity contribution >= 4 is 10.9 Å². The number of aromatic nitrogens is 2. The Hall–Kier alpha value is -1.31. The van der Waals surface area contributed by atoms with Crippen molar-refractivity contribution in [3.63, 3.8) is 0 Å². The van der Waals surface area contributed by atoms with E-state index in [0.717, 1.165) is 5.52 Å². The Morgan fingerprint density at radius 1 is 1.06 bits per heavy atom. The van der Waals surface area contributed by atoms with E-state index in [1.54, 1.807) is 0 Å². The Bertz CT molecular complexity index is 504. The average Bonchev–Trinajstić information content (AvgIpc) is 2.67. The largest absolute Gasteiger partial charge is 0.281 e. The predicted octanol–water partition coefficient (Wildman–Crippen LogP) is 4.17. The third kappa shape index (κ3) is 1.86. The maximum absolute atomic E-state index is 4.44. The monoisotopic (exact) mass is 228 g/mol. The molecule has 1 fully saturated rings. The highest BCUT2D eigenvalue weighted by Gasteiger charge is 2.30. The van der Waals surface area contributed by atoms with E-state index in [1.165, 1.54) is 49.6 Å². The zero-order valence-corrected chi connectivity index (χ0v) is 10.5. The van der Waals surface area contributed by atoms with Gasteiger partial charge in [-0.1, -0.05) is 50.8 Å². The molecule has 1 aromatic carbocycles. The summed E-state index contributed by atoms with van der Waals surface area (Å²) in [5.41, 5.74) is 2.76. The average molecular weight is 228 g/mol. The summed E-state index contributed by atoms with van der Waals surface area (Å²) in [5, 5.41) is 9.06. The van der Waals surface area contributed by atoms with Crippen LogP contribution < -0.4 is 0 Å². The second-order valence-corrected chi connectivity index (χ2v) is 5.59. The Labute approximate surface area is 102 Å². The van der Waals surface area contributed by atoms with Gasteiger partial charge in [-0.3, -0.25) is 5.10 Å². The molecule has 0 amide bonds. The number of fused-ring (bicyclic) bond motifs is 1. The molecule has 17 heavy (non-hydrogen) atoms. The van der Waals surface area contributed by atoms with E-state index in [0.29, 0.717) is 5.41 Å². The summed E-state index contributed by atoms with van der Waals surface area (Å²) in [7, 11) is 0. The highest BCUT2D eigenvalue weighted by atomic mass is 15.1. The first-order valence-electron chi connectivity index (χ1n) is 6.73. The van der Waals surface area contributed by atoms with Gasteiger partial charge in [0.1, 0.15) is 0 Å². The molecule has 2 nitrogen and oxygen atoms in total. The first-order valence-corrected chi connectivity index (χ1v) is 6.73. The molecule has 1 heterocycles. The molecule has 0 radical (unpaired) electrons. The predicted molar refractivity (Wildman–Crippen MR) is 71.1 cm³/mol. The SMILES string of the molecule is CC1(c2[nH]nc3ccccc23)CCCCCC1. The van der Waals surface area contributed by atoms with E-state index in [1.807, 2.05) is 0 Å². The zero-order valence-electron chi connectivity index (χ0n) is 10.5. The lowest BCUT2D eigenvalue weighted by molar-refractivity contribution is 0.400. The third-order valence-corrected chi connectivity index (χ3v) is 4.27. The van der Waals surface area contributed by atoms with Crippen molar-refractivity contribution in [3.8, 4) is 0 Å². The molecule has 2 aromatic rings. The van der Waals surface area contributed by atoms with Crippen LogP contribution >= 0.6 is 0 Å². The van der Waals surface area contributed by atoms with Gasteiger partial charge >= 0.3 is 0 Å². The number of aromatic amines is 1. The molecule has 1 N–H and O–H groups in total. The molecule has 0 spiro atoms. The van der Waals surface area contributed by atoms with Crippen LogP contribution in [0.2, 0.25) is 0 Å². The Balaban J connectivity index is 2.07. The minimum absolute atomic E-state index is 0.298. The normalized spacial score (nSPS) is 20.3. The van der Waals surface area contributed by atoms with Crippen LogP contribution in [-0.2, 0) is 5.41 Å². The van der Waals surface area contributed by atoms with E-state index in [9.17, 15) is 0 Å². The van der Waals surface area contributed by atoms with Crippen molar-refractivity contribution in [1.82, 2.24) is 10.2 Å². The van der Waals surface area contributed by atoms with Crippen LogP contribution in [0, 0.1) is 0 Å². The van der Waals surface area contributed by atoms with Gasteiger partial charge in [-0.05, 0) is 18.9 Å². The summed E-state index contributed by atoms with van der Waals surface area (Å²) in [6, 6.07) is 8.46. The van der Waals surface area contributed by atoms with E-state index >= 15 is 0 Å². The van der Waals surface area contributed by atoms with Crippen molar-refractivity contribution in [1.29, 1.82) is 0 Å². The van der Waals surface area contributed by atoms with Crippen LogP contribution in [0.5, 0.6) is 0 Å². The van der Waals surface area contributed by atoms with Crippen LogP contribution in [0.1, 0.15) is 51.1 Å². The molecule has 90 valence electrons. The summed E-state index contributed by atoms with van der Waals surface area (Å²) in [4.78, 5) is 0. The standard InChI is InChI=1S/C15H20N2/c1-15(10-6-2-3-7-11-15)14-12-8-4-5-9-13(12)16-17-14/h4-5,8-9H,2-3,6-7,10-11H2,1H3,(H,16,17). The van der Waals surface area contributed by atoms with Crippen LogP contribution in [0.25, 0.3) is 10.9 Å². The molecule has 1 aliphatic rings. The minimum atomic E-state index is 0.298. The highest BCUT2D eigenvalue weighted by Crippen LogP contribution is 2.39. The fourth-order valence-electron chi connectivity index (χ4n) is 3.18. The fraction of sp³-hybridized carbons (Fsp3) is 0.533. The molecule has 1 saturated carbocycles. The maximum Gasteiger partial charge on any atom is 0.0923 e. The minimum Gasteiger partial charge on any atom is -0.281 e. The number of H-pyrrole nitrogens is 1. The quantitative estimate of drug-likeness (QED) is 0.729. The number of rotatable bonds is 1. The lowest BCUT2D eigenvalue weighted by Crippen LogP contribution is -2.21. The molecular weight excluding hydrogens is 208 g/mol. The van der Waals surface area contributed by atoms with Crippen LogP contribution in [0.15, 0.2) is 24.3 Å². The summed E-state index contributed by atoms with van der Waals surface area (Å²) >= 11 is 0. The molecule has 3 rings (SSSR count). The topological polar surface area (TPSA) is 28.7 Å². The van der Waals surface area contributed by atoms with Gasteiger partial charge < -0.3 is 0 Å². The number of hydrogen-bond donors (Lipinski definition) is 1. The van der Waals surface area contributed by atoms with Crippen molar-refractivity contribution in [2.75, 3.05) is 0 Å². The Morgan fingerprint density at radius 2 is 1.76 bits per heavy atom. The fourth-order valence-corrected chi connectivity index (χ4v) is 3.18. The van der Waals surface area contributed by atoms with Gasteiger partial charge in [0, 0.05) is 16.5 Å². The van der Waals surface area contributed by atoms with Crippen molar-refractivity contribution in [3.05, 3.63) is 30.0 Å². The molecule has 0 atom stereocenters. The third-order valence-electron chi connectivity index (χ3n) is 4.27. The smallest absolute Gasteiger partial charge is 0.0923 e. The van der Waals surface area contributed by atoms with Crippen molar-refractivity contribution in [2.45, 2.75) is 50.9 Å². The first kappa shape index (κ1) is 10.8. The number of nitrogens with one attached hydrogen (secondary N) is 1. The van der Waals surface area contributed by atoms with Gasteiger partial charge in [0.25, 0.3) is 0 Å². The number of benzene rings is 1. The summed E-state index contributed by atoms with van der Waals surface area (Å²) in [6.07, 6.45) is 8.06. The molecule has 0 unspecified atom stereocenters. The second kappa shape index (κ2) is 4.17. The van der Waals surface area contributed by atoms with Gasteiger partial charge in [-0.2, -0.15) is 5.10 Å². The van der Waals surface area contributed by atoms with Gasteiger partial charge in [-0.25, -0.2) is 0 Å². The van der Waals surface area contributed by atoms with E-state index in [4.69, 9.17) is 0 Å². The second-order valence-electron chi connectivity index (χ2n) is 5.59. The van der Waals surface area contributed by atoms with Crippen LogP contribution in [0.4, 0.5) is 0 Å². The lowest BCUT2D eigenvalue weighted by Gasteiger charge is -2.27. The van der Waals surface area contributed by atoms with E-state index < -0.39 is 0 Å². The molecule has 1 aliphatic carbocycles. The molecule has 0 saturated heterocycles. The molecule has 2 heteroatoms. The van der Waals surface area contributed by atoms with Crippen molar-refractivity contribution in [2.24, 2.45) is 0 Å². The van der Waals surface area contributed by atoms with Gasteiger partial charge in [-0.15, -0.1) is 0 Å². The Kier molecular flexibility index (Phi) is 2.65. The van der Waals surface area contributed by atoms with Crippen LogP contribution in [-0.4, -0.2) is 10.2 Å². The van der Waals surface area contributed by atoms with Gasteiger partial charge in [0.05, 0.1) is 5.52 Å². The number of nitrogens with zero attached hydrogens (tertiary/aromatic N) is 1. The van der Waals surface area contributed by atoms with Gasteiger partial charge in [0.15, 0.2) is 0 Å². The molecule has 0 bridgehead atoms. The first-order chi connectivity index (χ1) is 8.30. The summed E-state index contributed by atoms with van der Waals surface area (Å²) in [5.74, 6) is 0. The lowest BCUT2D eigenvalue weighted by atomic mass is 9.78. The van der Waals surface area contributed by atoms with E-state index in [-0.39, 0.29) is 0 Å².